The van der Waals surface area contributed by atoms with Crippen molar-refractivity contribution < 1.29 is 9.32 Å². The average molecular weight is 385 g/mol. The van der Waals surface area contributed by atoms with E-state index in [9.17, 15) is 4.79 Å². The maximum atomic E-state index is 12.5. The van der Waals surface area contributed by atoms with E-state index in [4.69, 9.17) is 4.52 Å². The predicted octanol–water partition coefficient (Wildman–Crippen LogP) is 2.87. The summed E-state index contributed by atoms with van der Waals surface area (Å²) < 4.78 is 5.17. The van der Waals surface area contributed by atoms with E-state index in [1.165, 1.54) is 0 Å². The smallest absolute Gasteiger partial charge is 0.223 e. The van der Waals surface area contributed by atoms with Gasteiger partial charge in [0.1, 0.15) is 16.1 Å². The second kappa shape index (κ2) is 7.64. The first-order valence-electron chi connectivity index (χ1n) is 9.28. The summed E-state index contributed by atoms with van der Waals surface area (Å²) in [5, 5.41) is 8.03. The van der Waals surface area contributed by atoms with Gasteiger partial charge >= 0.3 is 0 Å². The van der Waals surface area contributed by atoms with Crippen LogP contribution < -0.4 is 10.2 Å². The van der Waals surface area contributed by atoms with E-state index < -0.39 is 0 Å². The first-order valence-corrected chi connectivity index (χ1v) is 10.1. The van der Waals surface area contributed by atoms with Gasteiger partial charge in [0.15, 0.2) is 5.13 Å². The third-order valence-electron chi connectivity index (χ3n) is 5.15. The zero-order valence-corrected chi connectivity index (χ0v) is 16.4. The molecule has 3 aromatic heterocycles. The van der Waals surface area contributed by atoms with E-state index in [0.717, 1.165) is 64.8 Å². The summed E-state index contributed by atoms with van der Waals surface area (Å²) in [6, 6.07) is 3.90. The molecule has 0 saturated carbocycles. The van der Waals surface area contributed by atoms with Gasteiger partial charge in [0, 0.05) is 37.3 Å². The number of pyridine rings is 1. The molecular formula is C19H23N5O2S. The number of nitrogens with zero attached hydrogens (tertiary/aromatic N) is 4. The molecule has 1 aliphatic heterocycles. The Hall–Kier alpha value is -2.48. The highest BCUT2D eigenvalue weighted by Gasteiger charge is 2.26. The lowest BCUT2D eigenvalue weighted by Crippen LogP contribution is -2.41. The Morgan fingerprint density at radius 2 is 2.19 bits per heavy atom. The van der Waals surface area contributed by atoms with Gasteiger partial charge in [-0.3, -0.25) is 4.79 Å². The van der Waals surface area contributed by atoms with Crippen LogP contribution in [0.15, 0.2) is 22.9 Å². The van der Waals surface area contributed by atoms with Crippen LogP contribution in [-0.2, 0) is 11.2 Å². The van der Waals surface area contributed by atoms with Crippen LogP contribution in [0.5, 0.6) is 0 Å². The third-order valence-corrected chi connectivity index (χ3v) is 6.19. The van der Waals surface area contributed by atoms with Crippen molar-refractivity contribution >= 4 is 32.7 Å². The predicted molar refractivity (Wildman–Crippen MR) is 105 cm³/mol. The molecule has 0 atom stereocenters. The van der Waals surface area contributed by atoms with Gasteiger partial charge < -0.3 is 14.7 Å². The van der Waals surface area contributed by atoms with E-state index >= 15 is 0 Å². The number of nitrogens with one attached hydrogen (secondary N) is 1. The topological polar surface area (TPSA) is 84.2 Å². The highest BCUT2D eigenvalue weighted by Crippen LogP contribution is 2.30. The number of thiazole rings is 1. The number of rotatable bonds is 5. The lowest BCUT2D eigenvalue weighted by Gasteiger charge is -2.31. The zero-order valence-electron chi connectivity index (χ0n) is 15.6. The fourth-order valence-electron chi connectivity index (χ4n) is 3.54. The number of amides is 1. The van der Waals surface area contributed by atoms with Gasteiger partial charge in [0.05, 0.1) is 5.69 Å². The number of piperidine rings is 1. The van der Waals surface area contributed by atoms with Gasteiger partial charge in [-0.2, -0.15) is 0 Å². The minimum Gasteiger partial charge on any atom is -0.361 e. The molecule has 3 aromatic rings. The van der Waals surface area contributed by atoms with Crippen molar-refractivity contribution in [3.63, 3.8) is 0 Å². The number of anilines is 1. The van der Waals surface area contributed by atoms with E-state index in [-0.39, 0.29) is 11.8 Å². The van der Waals surface area contributed by atoms with Gasteiger partial charge in [-0.25, -0.2) is 9.97 Å². The first-order chi connectivity index (χ1) is 13.1. The van der Waals surface area contributed by atoms with Crippen molar-refractivity contribution in [2.24, 2.45) is 5.92 Å². The molecule has 1 amide bonds. The quantitative estimate of drug-likeness (QED) is 0.727. The van der Waals surface area contributed by atoms with Crippen molar-refractivity contribution in [2.45, 2.75) is 33.1 Å². The SMILES string of the molecule is Cc1noc(C)c1CCNC(=O)C1CCN(c2nc3cccnc3s2)CC1. The summed E-state index contributed by atoms with van der Waals surface area (Å²) in [5.74, 6) is 1.05. The molecule has 27 heavy (non-hydrogen) atoms. The Kier molecular flexibility index (Phi) is 5.07. The molecule has 0 aliphatic carbocycles. The number of aromatic nitrogens is 3. The molecule has 7 nitrogen and oxygen atoms in total. The van der Waals surface area contributed by atoms with Crippen LogP contribution >= 0.6 is 11.3 Å². The number of aryl methyl sites for hydroxylation is 2. The normalized spacial score (nSPS) is 15.4. The highest BCUT2D eigenvalue weighted by atomic mass is 32.1. The van der Waals surface area contributed by atoms with Crippen molar-refractivity contribution in [2.75, 3.05) is 24.5 Å². The molecule has 0 aromatic carbocycles. The minimum absolute atomic E-state index is 0.0680. The van der Waals surface area contributed by atoms with E-state index in [1.807, 2.05) is 26.0 Å². The Morgan fingerprint density at radius 3 is 2.89 bits per heavy atom. The van der Waals surface area contributed by atoms with E-state index in [0.29, 0.717) is 6.54 Å². The Bertz CT molecular complexity index is 890. The lowest BCUT2D eigenvalue weighted by molar-refractivity contribution is -0.125. The molecule has 1 N–H and O–H groups in total. The third kappa shape index (κ3) is 3.80. The summed E-state index contributed by atoms with van der Waals surface area (Å²) in [6.07, 6.45) is 4.24. The monoisotopic (exact) mass is 385 g/mol. The van der Waals surface area contributed by atoms with Crippen LogP contribution in [0.2, 0.25) is 0 Å². The van der Waals surface area contributed by atoms with Gasteiger partial charge in [0.25, 0.3) is 0 Å². The summed E-state index contributed by atoms with van der Waals surface area (Å²) in [5.41, 5.74) is 2.94. The van der Waals surface area contributed by atoms with Crippen LogP contribution in [0.3, 0.4) is 0 Å². The fraction of sp³-hybridized carbons (Fsp3) is 0.474. The summed E-state index contributed by atoms with van der Waals surface area (Å²) in [7, 11) is 0. The fourth-order valence-corrected chi connectivity index (χ4v) is 4.50. The van der Waals surface area contributed by atoms with Crippen molar-refractivity contribution in [1.82, 2.24) is 20.4 Å². The second-order valence-corrected chi connectivity index (χ2v) is 7.89. The number of fused-ring (bicyclic) bond motifs is 1. The van der Waals surface area contributed by atoms with Gasteiger partial charge in [-0.1, -0.05) is 16.5 Å². The summed E-state index contributed by atoms with van der Waals surface area (Å²) in [6.45, 7) is 6.15. The number of carbonyl (C=O) groups is 1. The maximum Gasteiger partial charge on any atom is 0.223 e. The lowest BCUT2D eigenvalue weighted by atomic mass is 9.96. The zero-order chi connectivity index (χ0) is 18.8. The van der Waals surface area contributed by atoms with Crippen LogP contribution in [0.4, 0.5) is 5.13 Å². The van der Waals surface area contributed by atoms with Crippen molar-refractivity contribution in [1.29, 1.82) is 0 Å². The van der Waals surface area contributed by atoms with Crippen LogP contribution in [0.1, 0.15) is 29.9 Å². The summed E-state index contributed by atoms with van der Waals surface area (Å²) >= 11 is 1.62. The molecule has 1 saturated heterocycles. The average Bonchev–Trinajstić information content (AvgIpc) is 3.26. The van der Waals surface area contributed by atoms with Crippen molar-refractivity contribution in [3.05, 3.63) is 35.3 Å². The molecule has 8 heteroatoms. The Balaban J connectivity index is 1.27. The minimum atomic E-state index is 0.0680. The largest absolute Gasteiger partial charge is 0.361 e. The number of carbonyl (C=O) groups excluding carboxylic acids is 1. The molecular weight excluding hydrogens is 362 g/mol. The molecule has 0 radical (unpaired) electrons. The number of hydrogen-bond acceptors (Lipinski definition) is 7. The van der Waals surface area contributed by atoms with Gasteiger partial charge in [-0.05, 0) is 45.2 Å². The Labute approximate surface area is 161 Å². The Morgan fingerprint density at radius 1 is 1.37 bits per heavy atom. The molecule has 1 fully saturated rings. The van der Waals surface area contributed by atoms with Gasteiger partial charge in [-0.15, -0.1) is 0 Å². The highest BCUT2D eigenvalue weighted by molar-refractivity contribution is 7.21. The molecule has 1 aliphatic rings. The van der Waals surface area contributed by atoms with E-state index in [2.05, 4.69) is 25.3 Å². The van der Waals surface area contributed by atoms with Crippen LogP contribution in [0, 0.1) is 19.8 Å². The van der Waals surface area contributed by atoms with Crippen LogP contribution in [-0.4, -0.2) is 40.7 Å². The van der Waals surface area contributed by atoms with Crippen LogP contribution in [0.25, 0.3) is 10.3 Å². The number of hydrogen-bond donors (Lipinski definition) is 1. The van der Waals surface area contributed by atoms with E-state index in [1.54, 1.807) is 17.5 Å². The maximum absolute atomic E-state index is 12.5. The first kappa shape index (κ1) is 17.9. The molecule has 0 spiro atoms. The standard InChI is InChI=1S/C19H23N5O2S/c1-12-15(13(2)26-23-12)5-9-20-17(25)14-6-10-24(11-7-14)19-22-16-4-3-8-21-18(16)27-19/h3-4,8,14H,5-7,9-11H2,1-2H3,(H,20,25). The molecule has 4 heterocycles. The van der Waals surface area contributed by atoms with Gasteiger partial charge in [0.2, 0.25) is 5.91 Å². The molecule has 142 valence electrons. The van der Waals surface area contributed by atoms with Crippen molar-refractivity contribution in [3.8, 4) is 0 Å². The molecule has 0 bridgehead atoms. The molecule has 4 rings (SSSR count). The second-order valence-electron chi connectivity index (χ2n) is 6.93. The molecule has 0 unspecified atom stereocenters. The summed E-state index contributed by atoms with van der Waals surface area (Å²) in [4.78, 5) is 24.7.